The Bertz CT molecular complexity index is 1080. The first-order chi connectivity index (χ1) is 13.3. The highest BCUT2D eigenvalue weighted by molar-refractivity contribution is 6.30. The first-order valence-corrected chi connectivity index (χ1v) is 8.40. The summed E-state index contributed by atoms with van der Waals surface area (Å²) in [5.74, 6) is -0.927. The molecule has 0 unspecified atom stereocenters. The van der Waals surface area contributed by atoms with E-state index in [0.29, 0.717) is 10.6 Å². The van der Waals surface area contributed by atoms with Crippen molar-refractivity contribution in [2.24, 2.45) is 7.05 Å². The van der Waals surface area contributed by atoms with Crippen molar-refractivity contribution in [3.8, 4) is 0 Å². The van der Waals surface area contributed by atoms with Crippen molar-refractivity contribution in [3.63, 3.8) is 0 Å². The molecule has 0 saturated heterocycles. The van der Waals surface area contributed by atoms with Crippen molar-refractivity contribution >= 4 is 23.3 Å². The molecule has 3 aromatic rings. The number of hydrogen-bond donors (Lipinski definition) is 1. The summed E-state index contributed by atoms with van der Waals surface area (Å²) in [4.78, 5) is 17.0. The first kappa shape index (κ1) is 18.2. The number of allylic oxidation sites excluding steroid dienone is 2. The number of alkyl halides is 3. The van der Waals surface area contributed by atoms with Gasteiger partial charge >= 0.3 is 6.18 Å². The standard InChI is InChI=1S/C17H12ClF3N6O/c1-26-7-10(6-23-26)14(28)12-13(9-2-4-11(18)5-3-9)27-16(22-8-24-27)25-15(12)17(19,20)21/h2-8,13H,1H3,(H,22,24,25)/t13-/m1/s1. The molecule has 0 radical (unpaired) electrons. The van der Waals surface area contributed by atoms with Crippen molar-refractivity contribution in [2.45, 2.75) is 12.2 Å². The van der Waals surface area contributed by atoms with Crippen LogP contribution < -0.4 is 5.32 Å². The molecule has 0 bridgehead atoms. The number of benzene rings is 1. The highest BCUT2D eigenvalue weighted by atomic mass is 35.5. The van der Waals surface area contributed by atoms with E-state index < -0.39 is 29.3 Å². The van der Waals surface area contributed by atoms with Gasteiger partial charge < -0.3 is 5.32 Å². The lowest BCUT2D eigenvalue weighted by Crippen LogP contribution is -2.35. The van der Waals surface area contributed by atoms with E-state index in [1.54, 1.807) is 19.2 Å². The van der Waals surface area contributed by atoms with Gasteiger partial charge in [0.15, 0.2) is 5.78 Å². The Morgan fingerprint density at radius 1 is 1.21 bits per heavy atom. The highest BCUT2D eigenvalue weighted by Crippen LogP contribution is 2.41. The molecule has 7 nitrogen and oxygen atoms in total. The van der Waals surface area contributed by atoms with E-state index in [4.69, 9.17) is 11.6 Å². The van der Waals surface area contributed by atoms with Gasteiger partial charge in [-0.05, 0) is 17.7 Å². The van der Waals surface area contributed by atoms with Gasteiger partial charge in [-0.1, -0.05) is 23.7 Å². The molecular formula is C17H12ClF3N6O. The minimum Gasteiger partial charge on any atom is -0.320 e. The van der Waals surface area contributed by atoms with Gasteiger partial charge in [0, 0.05) is 18.3 Å². The van der Waals surface area contributed by atoms with Crippen LogP contribution in [0.3, 0.4) is 0 Å². The molecule has 2 aromatic heterocycles. The number of fused-ring (bicyclic) bond motifs is 1. The number of carbonyl (C=O) groups is 1. The first-order valence-electron chi connectivity index (χ1n) is 8.02. The molecule has 144 valence electrons. The van der Waals surface area contributed by atoms with E-state index >= 15 is 0 Å². The number of aryl methyl sites for hydroxylation is 1. The Morgan fingerprint density at radius 3 is 2.54 bits per heavy atom. The minimum atomic E-state index is -4.81. The van der Waals surface area contributed by atoms with Crippen LogP contribution >= 0.6 is 11.6 Å². The van der Waals surface area contributed by atoms with E-state index in [2.05, 4.69) is 20.5 Å². The number of aromatic nitrogens is 5. The zero-order valence-electron chi connectivity index (χ0n) is 14.3. The molecule has 28 heavy (non-hydrogen) atoms. The number of ketones is 1. The van der Waals surface area contributed by atoms with E-state index in [0.717, 1.165) is 6.33 Å². The monoisotopic (exact) mass is 408 g/mol. The zero-order valence-corrected chi connectivity index (χ0v) is 15.0. The fraction of sp³-hybridized carbons (Fsp3) is 0.176. The molecule has 4 rings (SSSR count). The van der Waals surface area contributed by atoms with Gasteiger partial charge in [0.05, 0.1) is 17.3 Å². The van der Waals surface area contributed by atoms with Crippen molar-refractivity contribution in [3.05, 3.63) is 70.4 Å². The van der Waals surface area contributed by atoms with Crippen molar-refractivity contribution in [2.75, 3.05) is 5.32 Å². The predicted molar refractivity (Wildman–Crippen MR) is 93.9 cm³/mol. The summed E-state index contributed by atoms with van der Waals surface area (Å²) >= 11 is 5.91. The summed E-state index contributed by atoms with van der Waals surface area (Å²) in [6.07, 6.45) is -1.11. The lowest BCUT2D eigenvalue weighted by molar-refractivity contribution is -0.0918. The van der Waals surface area contributed by atoms with E-state index in [9.17, 15) is 18.0 Å². The van der Waals surface area contributed by atoms with Crippen LogP contribution in [0.5, 0.6) is 0 Å². The Balaban J connectivity index is 1.97. The number of rotatable bonds is 3. The summed E-state index contributed by atoms with van der Waals surface area (Å²) in [7, 11) is 1.57. The molecule has 11 heteroatoms. The van der Waals surface area contributed by atoms with Crippen LogP contribution in [0.4, 0.5) is 19.1 Å². The summed E-state index contributed by atoms with van der Waals surface area (Å²) in [6, 6.07) is 5.03. The molecule has 1 aliphatic heterocycles. The summed E-state index contributed by atoms with van der Waals surface area (Å²) in [5.41, 5.74) is -1.24. The molecule has 1 atom stereocenters. The molecule has 0 spiro atoms. The normalized spacial score (nSPS) is 16.7. The van der Waals surface area contributed by atoms with Crippen LogP contribution in [0.2, 0.25) is 5.02 Å². The molecular weight excluding hydrogens is 397 g/mol. The van der Waals surface area contributed by atoms with Gasteiger partial charge in [-0.15, -0.1) is 0 Å². The molecule has 0 saturated carbocycles. The van der Waals surface area contributed by atoms with Crippen LogP contribution in [0.15, 0.2) is 54.3 Å². The molecule has 3 heterocycles. The van der Waals surface area contributed by atoms with E-state index in [-0.39, 0.29) is 11.5 Å². The van der Waals surface area contributed by atoms with E-state index in [1.807, 2.05) is 0 Å². The molecule has 1 aromatic carbocycles. The van der Waals surface area contributed by atoms with Gasteiger partial charge in [0.25, 0.3) is 0 Å². The topological polar surface area (TPSA) is 77.6 Å². The second-order valence-corrected chi connectivity index (χ2v) is 6.56. The maximum atomic E-state index is 13.9. The lowest BCUT2D eigenvalue weighted by Gasteiger charge is -2.30. The smallest absolute Gasteiger partial charge is 0.320 e. The summed E-state index contributed by atoms with van der Waals surface area (Å²) in [6.45, 7) is 0. The van der Waals surface area contributed by atoms with E-state index in [1.165, 1.54) is 33.9 Å². The molecule has 1 aliphatic rings. The fourth-order valence-corrected chi connectivity index (χ4v) is 3.20. The quantitative estimate of drug-likeness (QED) is 0.672. The number of halogens is 4. The van der Waals surface area contributed by atoms with Crippen molar-refractivity contribution in [1.82, 2.24) is 24.5 Å². The Hall–Kier alpha value is -3.14. The number of hydrogen-bond acceptors (Lipinski definition) is 5. The third kappa shape index (κ3) is 3.05. The summed E-state index contributed by atoms with van der Waals surface area (Å²) < 4.78 is 44.1. The Kier molecular flexibility index (Phi) is 4.22. The molecule has 0 fully saturated rings. The second-order valence-electron chi connectivity index (χ2n) is 6.13. The molecule has 0 aliphatic carbocycles. The number of nitrogens with one attached hydrogen (secondary N) is 1. The largest absolute Gasteiger partial charge is 0.431 e. The average molecular weight is 409 g/mol. The molecule has 0 amide bonds. The average Bonchev–Trinajstić information content (AvgIpc) is 3.28. The Labute approximate surface area is 161 Å². The zero-order chi connectivity index (χ0) is 20.1. The lowest BCUT2D eigenvalue weighted by atomic mass is 9.90. The van der Waals surface area contributed by atoms with Gasteiger partial charge in [0.1, 0.15) is 18.1 Å². The maximum absolute atomic E-state index is 13.9. The van der Waals surface area contributed by atoms with Gasteiger partial charge in [-0.3, -0.25) is 9.48 Å². The highest BCUT2D eigenvalue weighted by Gasteiger charge is 2.46. The van der Waals surface area contributed by atoms with Crippen LogP contribution in [-0.4, -0.2) is 36.5 Å². The fourth-order valence-electron chi connectivity index (χ4n) is 3.07. The van der Waals surface area contributed by atoms with Gasteiger partial charge in [0.2, 0.25) is 5.95 Å². The van der Waals surface area contributed by atoms with Crippen molar-refractivity contribution in [1.29, 1.82) is 0 Å². The third-order valence-corrected chi connectivity index (χ3v) is 4.53. The van der Waals surface area contributed by atoms with Crippen LogP contribution in [0.25, 0.3) is 0 Å². The van der Waals surface area contributed by atoms with Crippen LogP contribution in [0, 0.1) is 0 Å². The number of anilines is 1. The van der Waals surface area contributed by atoms with Gasteiger partial charge in [-0.2, -0.15) is 28.4 Å². The third-order valence-electron chi connectivity index (χ3n) is 4.28. The molecule has 1 N–H and O–H groups in total. The summed E-state index contributed by atoms with van der Waals surface area (Å²) in [5, 5.41) is 10.5. The Morgan fingerprint density at radius 2 is 1.93 bits per heavy atom. The SMILES string of the molecule is Cn1cc(C(=O)C2=C(C(F)(F)F)Nc3ncnn3[C@@H]2c2ccc(Cl)cc2)cn1. The second kappa shape index (κ2) is 6.48. The number of Topliss-reactive ketones (excluding diaryl/α,β-unsaturated/α-hetero) is 1. The van der Waals surface area contributed by atoms with Crippen LogP contribution in [-0.2, 0) is 7.05 Å². The van der Waals surface area contributed by atoms with Crippen LogP contribution in [0.1, 0.15) is 22.0 Å². The predicted octanol–water partition coefficient (Wildman–Crippen LogP) is 3.38. The van der Waals surface area contributed by atoms with Crippen molar-refractivity contribution < 1.29 is 18.0 Å². The maximum Gasteiger partial charge on any atom is 0.431 e. The number of nitrogens with zero attached hydrogens (tertiary/aromatic N) is 5. The van der Waals surface area contributed by atoms with Gasteiger partial charge in [-0.25, -0.2) is 4.68 Å². The number of carbonyl (C=O) groups excluding carboxylic acids is 1. The minimum absolute atomic E-state index is 0.0311.